The Kier molecular flexibility index (Phi) is 7.99. The zero-order valence-corrected chi connectivity index (χ0v) is 15.9. The normalized spacial score (nSPS) is 12.0. The number of benzene rings is 1. The molecule has 0 aliphatic rings. The molecule has 2 N–H and O–H groups in total. The highest BCUT2D eigenvalue weighted by atomic mass is 35.5. The van der Waals surface area contributed by atoms with Crippen molar-refractivity contribution in [2.45, 2.75) is 18.7 Å². The van der Waals surface area contributed by atoms with Crippen LogP contribution in [-0.4, -0.2) is 45.9 Å². The molecule has 0 atom stereocenters. The minimum Gasteiger partial charge on any atom is -0.465 e. The van der Waals surface area contributed by atoms with E-state index in [1.165, 1.54) is 36.7 Å². The van der Waals surface area contributed by atoms with Gasteiger partial charge in [0.1, 0.15) is 0 Å². The maximum absolute atomic E-state index is 12.5. The maximum Gasteiger partial charge on any atom is 0.339 e. The predicted molar refractivity (Wildman–Crippen MR) is 92.7 cm³/mol. The molecule has 132 valence electrons. The van der Waals surface area contributed by atoms with E-state index in [0.717, 1.165) is 0 Å². The van der Waals surface area contributed by atoms with E-state index in [2.05, 4.69) is 4.74 Å². The highest BCUT2D eigenvalue weighted by molar-refractivity contribution is 7.89. The number of carbonyl (C=O) groups is 1. The summed E-state index contributed by atoms with van der Waals surface area (Å²) in [4.78, 5) is 11.5. The SMILES string of the molecule is COC(=O)c1ccc(S(=O)(=O)N(C)CC(C)(C)CN)cc1Cl.Cl. The van der Waals surface area contributed by atoms with Gasteiger partial charge in [0, 0.05) is 13.6 Å². The second-order valence-corrected chi connectivity index (χ2v) is 8.21. The first kappa shape index (κ1) is 22.1. The van der Waals surface area contributed by atoms with Gasteiger partial charge in [0.15, 0.2) is 0 Å². The fourth-order valence-corrected chi connectivity index (χ4v) is 3.57. The van der Waals surface area contributed by atoms with E-state index < -0.39 is 16.0 Å². The fraction of sp³-hybridized carbons (Fsp3) is 0.500. The Balaban J connectivity index is 0.00000484. The third kappa shape index (κ3) is 5.32. The molecular formula is C14H22Cl2N2O4S. The molecule has 0 spiro atoms. The van der Waals surface area contributed by atoms with Gasteiger partial charge in [0.25, 0.3) is 0 Å². The molecule has 0 bridgehead atoms. The van der Waals surface area contributed by atoms with Gasteiger partial charge in [-0.1, -0.05) is 25.4 Å². The van der Waals surface area contributed by atoms with E-state index in [0.29, 0.717) is 6.54 Å². The molecule has 0 unspecified atom stereocenters. The molecule has 0 radical (unpaired) electrons. The molecule has 0 aliphatic heterocycles. The first-order valence-electron chi connectivity index (χ1n) is 6.59. The molecule has 1 aromatic carbocycles. The molecule has 0 amide bonds. The largest absolute Gasteiger partial charge is 0.465 e. The smallest absolute Gasteiger partial charge is 0.339 e. The van der Waals surface area contributed by atoms with Crippen molar-refractivity contribution in [2.24, 2.45) is 11.1 Å². The Morgan fingerprint density at radius 1 is 1.39 bits per heavy atom. The van der Waals surface area contributed by atoms with Crippen LogP contribution in [0.5, 0.6) is 0 Å². The van der Waals surface area contributed by atoms with E-state index >= 15 is 0 Å². The number of nitrogens with zero attached hydrogens (tertiary/aromatic N) is 1. The number of nitrogens with two attached hydrogens (primary N) is 1. The maximum atomic E-state index is 12.5. The number of hydrogen-bond acceptors (Lipinski definition) is 5. The molecule has 9 heteroatoms. The second-order valence-electron chi connectivity index (χ2n) is 5.76. The van der Waals surface area contributed by atoms with Crippen molar-refractivity contribution in [3.8, 4) is 0 Å². The number of methoxy groups -OCH3 is 1. The zero-order valence-electron chi connectivity index (χ0n) is 13.5. The molecule has 1 aromatic rings. The van der Waals surface area contributed by atoms with Gasteiger partial charge in [-0.05, 0) is 30.2 Å². The summed E-state index contributed by atoms with van der Waals surface area (Å²) in [6.07, 6.45) is 0. The highest BCUT2D eigenvalue weighted by Gasteiger charge is 2.28. The monoisotopic (exact) mass is 384 g/mol. The Morgan fingerprint density at radius 2 is 1.96 bits per heavy atom. The summed E-state index contributed by atoms with van der Waals surface area (Å²) in [5.41, 5.74) is 5.40. The van der Waals surface area contributed by atoms with Gasteiger partial charge in [-0.25, -0.2) is 17.5 Å². The summed E-state index contributed by atoms with van der Waals surface area (Å²) in [6, 6.07) is 3.91. The molecule has 0 fully saturated rings. The van der Waals surface area contributed by atoms with Crippen molar-refractivity contribution in [1.29, 1.82) is 0 Å². The molecule has 6 nitrogen and oxygen atoms in total. The van der Waals surface area contributed by atoms with Crippen molar-refractivity contribution >= 4 is 40.0 Å². The standard InChI is InChI=1S/C14H21ClN2O4S.ClH/c1-14(2,8-16)9-17(3)22(19,20)10-5-6-11(12(15)7-10)13(18)21-4;/h5-7H,8-9,16H2,1-4H3;1H. The van der Waals surface area contributed by atoms with Gasteiger partial charge in [0.05, 0.1) is 22.6 Å². The number of rotatable bonds is 6. The van der Waals surface area contributed by atoms with Crippen LogP contribution in [0.25, 0.3) is 0 Å². The zero-order chi connectivity index (χ0) is 17.1. The Morgan fingerprint density at radius 3 is 2.39 bits per heavy atom. The number of halogens is 2. The summed E-state index contributed by atoms with van der Waals surface area (Å²) >= 11 is 5.97. The topological polar surface area (TPSA) is 89.7 Å². The first-order chi connectivity index (χ1) is 10.0. The summed E-state index contributed by atoms with van der Waals surface area (Å²) in [6.45, 7) is 4.38. The predicted octanol–water partition coefficient (Wildman–Crippen LogP) is 2.15. The molecular weight excluding hydrogens is 363 g/mol. The van der Waals surface area contributed by atoms with E-state index in [4.69, 9.17) is 17.3 Å². The summed E-state index contributed by atoms with van der Waals surface area (Å²) in [7, 11) is -1.00. The van der Waals surface area contributed by atoms with Crippen molar-refractivity contribution in [3.05, 3.63) is 28.8 Å². The quantitative estimate of drug-likeness (QED) is 0.758. The van der Waals surface area contributed by atoms with Crippen LogP contribution in [0.3, 0.4) is 0 Å². The Hall–Kier alpha value is -0.860. The summed E-state index contributed by atoms with van der Waals surface area (Å²) in [5, 5.41) is 0.0272. The van der Waals surface area contributed by atoms with Crippen LogP contribution in [0.15, 0.2) is 23.1 Å². The van der Waals surface area contributed by atoms with Gasteiger partial charge in [0.2, 0.25) is 10.0 Å². The molecule has 0 aromatic heterocycles. The van der Waals surface area contributed by atoms with Gasteiger partial charge in [-0.2, -0.15) is 0 Å². The molecule has 1 rings (SSSR count). The number of sulfonamides is 1. The van der Waals surface area contributed by atoms with Crippen LogP contribution < -0.4 is 5.73 Å². The summed E-state index contributed by atoms with van der Waals surface area (Å²) in [5.74, 6) is -0.619. The van der Waals surface area contributed by atoms with Gasteiger partial charge in [-0.3, -0.25) is 0 Å². The van der Waals surface area contributed by atoms with E-state index in [-0.39, 0.29) is 39.8 Å². The molecule has 0 saturated heterocycles. The number of esters is 1. The van der Waals surface area contributed by atoms with Crippen LogP contribution in [0, 0.1) is 5.41 Å². The summed E-state index contributed by atoms with van der Waals surface area (Å²) < 4.78 is 30.9. The molecule has 0 saturated carbocycles. The van der Waals surface area contributed by atoms with E-state index in [1.807, 2.05) is 13.8 Å². The number of ether oxygens (including phenoxy) is 1. The molecule has 0 aliphatic carbocycles. The lowest BCUT2D eigenvalue weighted by molar-refractivity contribution is 0.0601. The minimum absolute atomic E-state index is 0. The van der Waals surface area contributed by atoms with Crippen molar-refractivity contribution in [3.63, 3.8) is 0 Å². The van der Waals surface area contributed by atoms with Crippen LogP contribution in [0.1, 0.15) is 24.2 Å². The van der Waals surface area contributed by atoms with Gasteiger partial charge < -0.3 is 10.5 Å². The van der Waals surface area contributed by atoms with Gasteiger partial charge in [-0.15, -0.1) is 12.4 Å². The minimum atomic E-state index is -3.71. The second kappa shape index (κ2) is 8.30. The lowest BCUT2D eigenvalue weighted by Gasteiger charge is -2.28. The molecule has 0 heterocycles. The average Bonchev–Trinajstić information content (AvgIpc) is 2.45. The van der Waals surface area contributed by atoms with Crippen molar-refractivity contribution in [1.82, 2.24) is 4.31 Å². The lowest BCUT2D eigenvalue weighted by Crippen LogP contribution is -2.39. The van der Waals surface area contributed by atoms with Crippen LogP contribution >= 0.6 is 24.0 Å². The Labute approximate surface area is 148 Å². The third-order valence-corrected chi connectivity index (χ3v) is 5.37. The highest BCUT2D eigenvalue weighted by Crippen LogP contribution is 2.25. The number of carbonyl (C=O) groups excluding carboxylic acids is 1. The average molecular weight is 385 g/mol. The molecule has 23 heavy (non-hydrogen) atoms. The van der Waals surface area contributed by atoms with Crippen LogP contribution in [0.2, 0.25) is 5.02 Å². The van der Waals surface area contributed by atoms with Crippen molar-refractivity contribution < 1.29 is 17.9 Å². The van der Waals surface area contributed by atoms with Crippen LogP contribution in [-0.2, 0) is 14.8 Å². The first-order valence-corrected chi connectivity index (χ1v) is 8.41. The lowest BCUT2D eigenvalue weighted by atomic mass is 9.94. The van der Waals surface area contributed by atoms with Crippen LogP contribution in [0.4, 0.5) is 0 Å². The third-order valence-electron chi connectivity index (χ3n) is 3.26. The fourth-order valence-electron chi connectivity index (χ4n) is 1.86. The van der Waals surface area contributed by atoms with E-state index in [9.17, 15) is 13.2 Å². The van der Waals surface area contributed by atoms with E-state index in [1.54, 1.807) is 0 Å². The number of hydrogen-bond donors (Lipinski definition) is 1. The van der Waals surface area contributed by atoms with Gasteiger partial charge >= 0.3 is 5.97 Å². The van der Waals surface area contributed by atoms with Crippen molar-refractivity contribution in [2.75, 3.05) is 27.2 Å². The Bertz CT molecular complexity index is 663.